The number of nitrogens with one attached hydrogen (secondary N) is 2. The van der Waals surface area contributed by atoms with E-state index in [9.17, 15) is 9.59 Å². The van der Waals surface area contributed by atoms with E-state index >= 15 is 0 Å². The maximum atomic E-state index is 11.8. The van der Waals surface area contributed by atoms with Gasteiger partial charge in [0.1, 0.15) is 0 Å². The summed E-state index contributed by atoms with van der Waals surface area (Å²) in [6.07, 6.45) is 1.09. The van der Waals surface area contributed by atoms with Crippen molar-refractivity contribution in [3.63, 3.8) is 0 Å². The summed E-state index contributed by atoms with van der Waals surface area (Å²) in [5.41, 5.74) is 6.34. The lowest BCUT2D eigenvalue weighted by Crippen LogP contribution is -2.27. The molecule has 0 saturated heterocycles. The molecule has 0 radical (unpaired) electrons. The average molecular weight is 277 g/mol. The van der Waals surface area contributed by atoms with Crippen molar-refractivity contribution in [2.24, 2.45) is 11.1 Å². The van der Waals surface area contributed by atoms with E-state index in [1.807, 2.05) is 20.8 Å². The van der Waals surface area contributed by atoms with Crippen molar-refractivity contribution in [1.29, 1.82) is 0 Å². The molecule has 110 valence electrons. The molecule has 2 amide bonds. The van der Waals surface area contributed by atoms with E-state index in [2.05, 4.69) is 10.6 Å². The van der Waals surface area contributed by atoms with E-state index in [0.717, 1.165) is 0 Å². The Morgan fingerprint density at radius 1 is 1.05 bits per heavy atom. The van der Waals surface area contributed by atoms with E-state index in [-0.39, 0.29) is 11.8 Å². The normalized spacial score (nSPS) is 11.0. The number of anilines is 2. The van der Waals surface area contributed by atoms with Crippen molar-refractivity contribution in [3.8, 4) is 0 Å². The molecule has 1 aromatic rings. The summed E-state index contributed by atoms with van der Waals surface area (Å²) in [4.78, 5) is 23.4. The number of rotatable bonds is 5. The van der Waals surface area contributed by atoms with Crippen LogP contribution in [0.25, 0.3) is 0 Å². The van der Waals surface area contributed by atoms with Crippen LogP contribution >= 0.6 is 0 Å². The van der Waals surface area contributed by atoms with Crippen LogP contribution in [0.15, 0.2) is 24.3 Å². The summed E-state index contributed by atoms with van der Waals surface area (Å²) < 4.78 is 0. The number of nitrogens with two attached hydrogens (primary N) is 1. The minimum absolute atomic E-state index is 0.0442. The van der Waals surface area contributed by atoms with Gasteiger partial charge in [-0.2, -0.15) is 0 Å². The first kappa shape index (κ1) is 16.2. The quantitative estimate of drug-likeness (QED) is 0.772. The number of carbonyl (C=O) groups is 2. The standard InChI is InChI=1S/C15H23N3O2/c1-15(2,3)14(20)18-12-8-6-11(7-9-12)17-13(19)5-4-10-16/h6-9H,4-5,10,16H2,1-3H3,(H,17,19)(H,18,20). The highest BCUT2D eigenvalue weighted by Gasteiger charge is 2.20. The molecule has 0 aliphatic heterocycles. The largest absolute Gasteiger partial charge is 0.330 e. The van der Waals surface area contributed by atoms with Crippen molar-refractivity contribution in [2.45, 2.75) is 33.6 Å². The Morgan fingerprint density at radius 3 is 2.00 bits per heavy atom. The summed E-state index contributed by atoms with van der Waals surface area (Å²) in [5.74, 6) is -0.0980. The van der Waals surface area contributed by atoms with Gasteiger partial charge >= 0.3 is 0 Å². The maximum absolute atomic E-state index is 11.8. The second kappa shape index (κ2) is 7.05. The number of carbonyl (C=O) groups excluding carboxylic acids is 2. The molecule has 0 atom stereocenters. The molecule has 5 heteroatoms. The second-order valence-corrected chi connectivity index (χ2v) is 5.72. The smallest absolute Gasteiger partial charge is 0.229 e. The zero-order valence-corrected chi connectivity index (χ0v) is 12.3. The summed E-state index contributed by atoms with van der Waals surface area (Å²) in [7, 11) is 0. The number of hydrogen-bond acceptors (Lipinski definition) is 3. The van der Waals surface area contributed by atoms with Crippen molar-refractivity contribution in [2.75, 3.05) is 17.2 Å². The Hall–Kier alpha value is -1.88. The third-order valence-electron chi connectivity index (χ3n) is 2.72. The summed E-state index contributed by atoms with van der Waals surface area (Å²) in [5, 5.41) is 5.61. The van der Waals surface area contributed by atoms with Crippen LogP contribution in [0, 0.1) is 5.41 Å². The van der Waals surface area contributed by atoms with Crippen LogP contribution in [0.2, 0.25) is 0 Å². The molecule has 0 bridgehead atoms. The van der Waals surface area contributed by atoms with Gasteiger partial charge < -0.3 is 16.4 Å². The Morgan fingerprint density at radius 2 is 1.55 bits per heavy atom. The molecule has 0 aliphatic rings. The lowest BCUT2D eigenvalue weighted by molar-refractivity contribution is -0.123. The van der Waals surface area contributed by atoms with Crippen LogP contribution in [-0.4, -0.2) is 18.4 Å². The van der Waals surface area contributed by atoms with E-state index < -0.39 is 5.41 Å². The van der Waals surface area contributed by atoms with Gasteiger partial charge in [0, 0.05) is 23.2 Å². The first-order valence-corrected chi connectivity index (χ1v) is 6.74. The van der Waals surface area contributed by atoms with E-state index in [1.165, 1.54) is 0 Å². The fraction of sp³-hybridized carbons (Fsp3) is 0.467. The number of amides is 2. The lowest BCUT2D eigenvalue weighted by Gasteiger charge is -2.17. The van der Waals surface area contributed by atoms with Gasteiger partial charge in [-0.3, -0.25) is 9.59 Å². The zero-order valence-electron chi connectivity index (χ0n) is 12.3. The van der Waals surface area contributed by atoms with Crippen LogP contribution < -0.4 is 16.4 Å². The van der Waals surface area contributed by atoms with Crippen LogP contribution in [0.1, 0.15) is 33.6 Å². The topological polar surface area (TPSA) is 84.2 Å². The maximum Gasteiger partial charge on any atom is 0.229 e. The highest BCUT2D eigenvalue weighted by atomic mass is 16.2. The molecule has 0 unspecified atom stereocenters. The molecule has 1 aromatic carbocycles. The predicted octanol–water partition coefficient (Wildman–Crippen LogP) is 2.35. The zero-order chi connectivity index (χ0) is 15.2. The van der Waals surface area contributed by atoms with E-state index in [4.69, 9.17) is 5.73 Å². The highest BCUT2D eigenvalue weighted by Crippen LogP contribution is 2.19. The molecule has 0 fully saturated rings. The van der Waals surface area contributed by atoms with Crippen LogP contribution in [0.3, 0.4) is 0 Å². The van der Waals surface area contributed by atoms with Gasteiger partial charge in [-0.25, -0.2) is 0 Å². The summed E-state index contributed by atoms with van der Waals surface area (Å²) >= 11 is 0. The molecule has 20 heavy (non-hydrogen) atoms. The monoisotopic (exact) mass is 277 g/mol. The van der Waals surface area contributed by atoms with E-state index in [0.29, 0.717) is 30.8 Å². The lowest BCUT2D eigenvalue weighted by atomic mass is 9.95. The highest BCUT2D eigenvalue weighted by molar-refractivity contribution is 5.95. The molecule has 0 saturated carbocycles. The van der Waals surface area contributed by atoms with Gasteiger partial charge in [0.2, 0.25) is 11.8 Å². The average Bonchev–Trinajstić information content (AvgIpc) is 2.37. The molecular formula is C15H23N3O2. The first-order valence-electron chi connectivity index (χ1n) is 6.74. The van der Waals surface area contributed by atoms with Gasteiger partial charge in [-0.15, -0.1) is 0 Å². The van der Waals surface area contributed by atoms with Crippen molar-refractivity contribution < 1.29 is 9.59 Å². The fourth-order valence-corrected chi connectivity index (χ4v) is 1.44. The molecule has 0 aliphatic carbocycles. The van der Waals surface area contributed by atoms with Crippen LogP contribution in [0.4, 0.5) is 11.4 Å². The fourth-order valence-electron chi connectivity index (χ4n) is 1.44. The second-order valence-electron chi connectivity index (χ2n) is 5.72. The number of benzene rings is 1. The minimum Gasteiger partial charge on any atom is -0.330 e. The van der Waals surface area contributed by atoms with Crippen LogP contribution in [-0.2, 0) is 9.59 Å². The summed E-state index contributed by atoms with van der Waals surface area (Å²) in [6, 6.07) is 7.06. The van der Waals surface area contributed by atoms with Crippen molar-refractivity contribution in [1.82, 2.24) is 0 Å². The molecule has 0 spiro atoms. The Labute approximate surface area is 119 Å². The Balaban J connectivity index is 2.56. The Kier molecular flexibility index (Phi) is 5.70. The van der Waals surface area contributed by atoms with E-state index in [1.54, 1.807) is 24.3 Å². The van der Waals surface area contributed by atoms with Gasteiger partial charge in [-0.1, -0.05) is 20.8 Å². The molecular weight excluding hydrogens is 254 g/mol. The summed E-state index contributed by atoms with van der Waals surface area (Å²) in [6.45, 7) is 6.07. The molecule has 0 aromatic heterocycles. The third-order valence-corrected chi connectivity index (χ3v) is 2.72. The Bertz CT molecular complexity index is 461. The molecule has 0 heterocycles. The first-order chi connectivity index (χ1) is 9.32. The van der Waals surface area contributed by atoms with Crippen molar-refractivity contribution in [3.05, 3.63) is 24.3 Å². The van der Waals surface area contributed by atoms with Gasteiger partial charge in [0.15, 0.2) is 0 Å². The molecule has 4 N–H and O–H groups in total. The number of hydrogen-bond donors (Lipinski definition) is 3. The van der Waals surface area contributed by atoms with Crippen molar-refractivity contribution >= 4 is 23.2 Å². The SMILES string of the molecule is CC(C)(C)C(=O)Nc1ccc(NC(=O)CCCN)cc1. The predicted molar refractivity (Wildman–Crippen MR) is 81.4 cm³/mol. The van der Waals surface area contributed by atoms with Gasteiger partial charge in [-0.05, 0) is 37.2 Å². The minimum atomic E-state index is -0.435. The molecule has 1 rings (SSSR count). The van der Waals surface area contributed by atoms with Crippen LogP contribution in [0.5, 0.6) is 0 Å². The molecule has 5 nitrogen and oxygen atoms in total. The third kappa shape index (κ3) is 5.40. The van der Waals surface area contributed by atoms with Gasteiger partial charge in [0.05, 0.1) is 0 Å². The van der Waals surface area contributed by atoms with Gasteiger partial charge in [0.25, 0.3) is 0 Å².